The Morgan fingerprint density at radius 3 is 2.94 bits per heavy atom. The van der Waals surface area contributed by atoms with Crippen LogP contribution in [0, 0.1) is 5.92 Å². The first-order chi connectivity index (χ1) is 8.45. The molecular formula is C13H23N3O. The molecule has 0 radical (unpaired) electrons. The van der Waals surface area contributed by atoms with Gasteiger partial charge in [0, 0.05) is 32.2 Å². The van der Waals surface area contributed by atoms with Gasteiger partial charge < -0.3 is 14.6 Å². The van der Waals surface area contributed by atoms with Crippen molar-refractivity contribution in [3.63, 3.8) is 0 Å². The van der Waals surface area contributed by atoms with Crippen molar-refractivity contribution in [1.29, 1.82) is 0 Å². The van der Waals surface area contributed by atoms with Gasteiger partial charge in [0.25, 0.3) is 0 Å². The van der Waals surface area contributed by atoms with Crippen molar-refractivity contribution < 1.29 is 4.74 Å². The number of aromatic nitrogens is 2. The fourth-order valence-corrected chi connectivity index (χ4v) is 1.76. The van der Waals surface area contributed by atoms with Crippen LogP contribution in [0.4, 0.5) is 0 Å². The van der Waals surface area contributed by atoms with Crippen molar-refractivity contribution in [3.05, 3.63) is 18.7 Å². The fraction of sp³-hybridized carbons (Fsp3) is 0.769. The summed E-state index contributed by atoms with van der Waals surface area (Å²) in [7, 11) is 0. The van der Waals surface area contributed by atoms with E-state index in [9.17, 15) is 0 Å². The Morgan fingerprint density at radius 2 is 2.18 bits per heavy atom. The van der Waals surface area contributed by atoms with E-state index in [4.69, 9.17) is 4.74 Å². The maximum atomic E-state index is 5.57. The van der Waals surface area contributed by atoms with Crippen LogP contribution in [-0.2, 0) is 11.3 Å². The van der Waals surface area contributed by atoms with Gasteiger partial charge in [-0.3, -0.25) is 0 Å². The Balaban J connectivity index is 1.31. The third-order valence-corrected chi connectivity index (χ3v) is 3.02. The number of aryl methyl sites for hydroxylation is 1. The Kier molecular flexibility index (Phi) is 5.52. The Labute approximate surface area is 103 Å². The lowest BCUT2D eigenvalue weighted by molar-refractivity contribution is 0.122. The van der Waals surface area contributed by atoms with E-state index < -0.39 is 0 Å². The first-order valence-corrected chi connectivity index (χ1v) is 6.69. The molecule has 1 heterocycles. The normalized spacial score (nSPS) is 15.3. The molecule has 1 aromatic rings. The van der Waals surface area contributed by atoms with Gasteiger partial charge in [-0.05, 0) is 44.7 Å². The number of nitrogens with zero attached hydrogens (tertiary/aromatic N) is 2. The highest BCUT2D eigenvalue weighted by atomic mass is 16.5. The average molecular weight is 237 g/mol. The van der Waals surface area contributed by atoms with Gasteiger partial charge in [-0.2, -0.15) is 0 Å². The van der Waals surface area contributed by atoms with E-state index in [1.807, 2.05) is 18.7 Å². The van der Waals surface area contributed by atoms with E-state index >= 15 is 0 Å². The highest BCUT2D eigenvalue weighted by Gasteiger charge is 2.20. The van der Waals surface area contributed by atoms with E-state index in [-0.39, 0.29) is 0 Å². The summed E-state index contributed by atoms with van der Waals surface area (Å²) in [6, 6.07) is 0. The summed E-state index contributed by atoms with van der Waals surface area (Å²) in [4.78, 5) is 4.02. The van der Waals surface area contributed by atoms with Crippen LogP contribution >= 0.6 is 0 Å². The minimum absolute atomic E-state index is 0.887. The summed E-state index contributed by atoms with van der Waals surface area (Å²) < 4.78 is 7.68. The molecule has 96 valence electrons. The highest BCUT2D eigenvalue weighted by molar-refractivity contribution is 4.73. The van der Waals surface area contributed by atoms with Crippen LogP contribution in [0.5, 0.6) is 0 Å². The molecule has 17 heavy (non-hydrogen) atoms. The lowest BCUT2D eigenvalue weighted by atomic mass is 10.4. The number of nitrogens with one attached hydrogen (secondary N) is 1. The van der Waals surface area contributed by atoms with Crippen LogP contribution < -0.4 is 5.32 Å². The molecule has 0 unspecified atom stereocenters. The molecule has 4 heteroatoms. The quantitative estimate of drug-likeness (QED) is 0.629. The molecule has 1 fully saturated rings. The fourth-order valence-electron chi connectivity index (χ4n) is 1.76. The molecular weight excluding hydrogens is 214 g/mol. The molecule has 1 aliphatic carbocycles. The van der Waals surface area contributed by atoms with E-state index in [0.717, 1.165) is 51.6 Å². The zero-order valence-corrected chi connectivity index (χ0v) is 10.5. The second kappa shape index (κ2) is 7.45. The Bertz CT molecular complexity index is 283. The number of rotatable bonds is 10. The summed E-state index contributed by atoms with van der Waals surface area (Å²) in [6.45, 7) is 5.08. The van der Waals surface area contributed by atoms with Gasteiger partial charge in [-0.15, -0.1) is 0 Å². The van der Waals surface area contributed by atoms with Gasteiger partial charge in [-0.25, -0.2) is 4.98 Å². The van der Waals surface area contributed by atoms with Crippen LogP contribution in [0.25, 0.3) is 0 Å². The number of hydrogen-bond acceptors (Lipinski definition) is 3. The summed E-state index contributed by atoms with van der Waals surface area (Å²) in [5, 5.41) is 3.44. The molecule has 0 saturated heterocycles. The maximum absolute atomic E-state index is 5.57. The summed E-state index contributed by atoms with van der Waals surface area (Å²) in [5.41, 5.74) is 0. The number of hydrogen-bond donors (Lipinski definition) is 1. The topological polar surface area (TPSA) is 39.1 Å². The maximum Gasteiger partial charge on any atom is 0.0945 e. The van der Waals surface area contributed by atoms with Gasteiger partial charge >= 0.3 is 0 Å². The van der Waals surface area contributed by atoms with Crippen LogP contribution in [0.15, 0.2) is 18.7 Å². The van der Waals surface area contributed by atoms with Crippen LogP contribution in [-0.4, -0.2) is 35.9 Å². The molecule has 1 aliphatic rings. The number of imidazole rings is 1. The molecule has 1 aromatic heterocycles. The zero-order valence-electron chi connectivity index (χ0n) is 10.5. The molecule has 0 aromatic carbocycles. The van der Waals surface area contributed by atoms with Gasteiger partial charge in [0.1, 0.15) is 0 Å². The SMILES string of the molecule is c1cn(CCCNCCCOCC2CC2)cn1. The molecule has 0 aliphatic heterocycles. The van der Waals surface area contributed by atoms with Crippen LogP contribution in [0.1, 0.15) is 25.7 Å². The Hall–Kier alpha value is -0.870. The first kappa shape index (κ1) is 12.6. The predicted octanol–water partition coefficient (Wildman–Crippen LogP) is 1.68. The lowest BCUT2D eigenvalue weighted by Gasteiger charge is -2.06. The molecule has 0 bridgehead atoms. The molecule has 0 amide bonds. The molecule has 0 atom stereocenters. The van der Waals surface area contributed by atoms with E-state index in [0.29, 0.717) is 0 Å². The van der Waals surface area contributed by atoms with E-state index in [1.165, 1.54) is 12.8 Å². The second-order valence-corrected chi connectivity index (χ2v) is 4.78. The monoisotopic (exact) mass is 237 g/mol. The third-order valence-electron chi connectivity index (χ3n) is 3.02. The minimum Gasteiger partial charge on any atom is -0.381 e. The smallest absolute Gasteiger partial charge is 0.0945 e. The second-order valence-electron chi connectivity index (χ2n) is 4.78. The van der Waals surface area contributed by atoms with Gasteiger partial charge in [0.05, 0.1) is 6.33 Å². The van der Waals surface area contributed by atoms with Gasteiger partial charge in [0.2, 0.25) is 0 Å². The Morgan fingerprint density at radius 1 is 1.29 bits per heavy atom. The van der Waals surface area contributed by atoms with Gasteiger partial charge in [-0.1, -0.05) is 0 Å². The zero-order chi connectivity index (χ0) is 11.8. The minimum atomic E-state index is 0.887. The predicted molar refractivity (Wildman–Crippen MR) is 67.9 cm³/mol. The van der Waals surface area contributed by atoms with Crippen molar-refractivity contribution >= 4 is 0 Å². The first-order valence-electron chi connectivity index (χ1n) is 6.69. The molecule has 0 spiro atoms. The molecule has 2 rings (SSSR count). The number of ether oxygens (including phenoxy) is 1. The molecule has 1 N–H and O–H groups in total. The summed E-state index contributed by atoms with van der Waals surface area (Å²) >= 11 is 0. The largest absolute Gasteiger partial charge is 0.381 e. The van der Waals surface area contributed by atoms with E-state index in [2.05, 4.69) is 14.9 Å². The third kappa shape index (κ3) is 5.84. The van der Waals surface area contributed by atoms with Crippen LogP contribution in [0.2, 0.25) is 0 Å². The average Bonchev–Trinajstić information content (AvgIpc) is 3.02. The van der Waals surface area contributed by atoms with Crippen LogP contribution in [0.3, 0.4) is 0 Å². The van der Waals surface area contributed by atoms with Gasteiger partial charge in [0.15, 0.2) is 0 Å². The van der Waals surface area contributed by atoms with Crippen molar-refractivity contribution in [1.82, 2.24) is 14.9 Å². The lowest BCUT2D eigenvalue weighted by Crippen LogP contribution is -2.19. The standard InChI is InChI=1S/C13H23N3O/c1(8-16-9-7-15-12-16)5-14-6-2-10-17-11-13-3-4-13/h7,9,12-14H,1-6,8,10-11H2. The van der Waals surface area contributed by atoms with Crippen molar-refractivity contribution in [2.24, 2.45) is 5.92 Å². The van der Waals surface area contributed by atoms with E-state index in [1.54, 1.807) is 0 Å². The highest BCUT2D eigenvalue weighted by Crippen LogP contribution is 2.28. The summed E-state index contributed by atoms with van der Waals surface area (Å²) in [5.74, 6) is 0.887. The van der Waals surface area contributed by atoms with Crippen molar-refractivity contribution in [2.45, 2.75) is 32.2 Å². The van der Waals surface area contributed by atoms with Crippen molar-refractivity contribution in [2.75, 3.05) is 26.3 Å². The van der Waals surface area contributed by atoms with Crippen molar-refractivity contribution in [3.8, 4) is 0 Å². The molecule has 4 nitrogen and oxygen atoms in total. The molecule has 1 saturated carbocycles. The summed E-state index contributed by atoms with van der Waals surface area (Å²) in [6.07, 6.45) is 10.7.